The highest BCUT2D eigenvalue weighted by molar-refractivity contribution is 5.87. The number of ketones is 1. The number of carbonyl (C=O) groups is 1. The first-order valence-electron chi connectivity index (χ1n) is 13.8. The molecule has 0 aromatic heterocycles. The Hall–Kier alpha value is -1.71. The molecule has 184 valence electrons. The van der Waals surface area contributed by atoms with E-state index < -0.39 is 5.60 Å². The summed E-state index contributed by atoms with van der Waals surface area (Å²) >= 11 is 0. The zero-order chi connectivity index (χ0) is 23.8. The first-order chi connectivity index (χ1) is 16.4. The fraction of sp³-hybridized carbons (Fsp3) is 0.645. The molecule has 3 fully saturated rings. The van der Waals surface area contributed by atoms with Gasteiger partial charge in [0.1, 0.15) is 5.78 Å². The number of benzene rings is 1. The zero-order valence-corrected chi connectivity index (χ0v) is 20.8. The molecule has 0 bridgehead atoms. The number of carbonyl (C=O) groups excluding carboxylic acids is 1. The summed E-state index contributed by atoms with van der Waals surface area (Å²) in [6.07, 6.45) is 16.5. The third-order valence-electron chi connectivity index (χ3n) is 9.75. The third-order valence-corrected chi connectivity index (χ3v) is 9.75. The van der Waals surface area contributed by atoms with Crippen LogP contribution in [0.25, 0.3) is 0 Å². The number of rotatable bonds is 8. The molecule has 4 aliphatic rings. The Bertz CT molecular complexity index is 947. The van der Waals surface area contributed by atoms with E-state index in [1.165, 1.54) is 36.0 Å². The molecule has 5 rings (SSSR count). The number of unbranched alkanes of at least 4 members (excludes halogenated alkanes) is 3. The molecular formula is C31H42O3. The van der Waals surface area contributed by atoms with Crippen LogP contribution in [0.5, 0.6) is 0 Å². The maximum absolute atomic E-state index is 13.2. The number of allylic oxidation sites excluding steroid dienone is 2. The van der Waals surface area contributed by atoms with Gasteiger partial charge in [-0.1, -0.05) is 62.6 Å². The Morgan fingerprint density at radius 2 is 1.85 bits per heavy atom. The molecule has 3 saturated carbocycles. The quantitative estimate of drug-likeness (QED) is 0.453. The summed E-state index contributed by atoms with van der Waals surface area (Å²) in [6.45, 7) is 2.57. The third kappa shape index (κ3) is 4.46. The van der Waals surface area contributed by atoms with Gasteiger partial charge in [0.25, 0.3) is 0 Å². The van der Waals surface area contributed by atoms with Gasteiger partial charge in [0.05, 0.1) is 5.60 Å². The highest BCUT2D eigenvalue weighted by atomic mass is 16.3. The van der Waals surface area contributed by atoms with E-state index in [0.29, 0.717) is 42.3 Å². The van der Waals surface area contributed by atoms with Crippen LogP contribution in [0.15, 0.2) is 53.6 Å². The van der Waals surface area contributed by atoms with Gasteiger partial charge < -0.3 is 10.2 Å². The smallest absolute Gasteiger partial charge is 0.139 e. The highest BCUT2D eigenvalue weighted by Gasteiger charge is 2.58. The van der Waals surface area contributed by atoms with Gasteiger partial charge in [-0.05, 0) is 91.4 Å². The summed E-state index contributed by atoms with van der Waals surface area (Å²) in [5.41, 5.74) is 3.15. The van der Waals surface area contributed by atoms with E-state index in [2.05, 4.69) is 31.2 Å². The molecule has 0 radical (unpaired) electrons. The summed E-state index contributed by atoms with van der Waals surface area (Å²) in [6, 6.07) is 10.3. The molecule has 6 atom stereocenters. The summed E-state index contributed by atoms with van der Waals surface area (Å²) in [4.78, 5) is 13.2. The molecule has 2 N–H and O–H groups in total. The number of fused-ring (bicyclic) bond motifs is 5. The second-order valence-corrected chi connectivity index (χ2v) is 11.9. The van der Waals surface area contributed by atoms with Gasteiger partial charge in [0.15, 0.2) is 0 Å². The van der Waals surface area contributed by atoms with Crippen molar-refractivity contribution in [3.8, 4) is 0 Å². The average molecular weight is 463 g/mol. The lowest BCUT2D eigenvalue weighted by Crippen LogP contribution is -2.46. The standard InChI is InChI=1S/C31H42O3/c1-30-16-14-26-25-15-17-31(34,20-22-9-5-4-6-10-22)21-24(25)12-13-27(26)29(30)23(19-28(30)33)11-7-2-3-8-18-32/h4-6,9-10,15,21,23,26-27,29,32,34H,2-3,7-8,11-14,16-20H2,1H3/t23-,26-,27-,29+,30-,31?/m1/s1. The summed E-state index contributed by atoms with van der Waals surface area (Å²) in [5.74, 6) is 2.74. The Morgan fingerprint density at radius 1 is 1.06 bits per heavy atom. The number of aliphatic hydroxyl groups excluding tert-OH is 1. The fourth-order valence-electron chi connectivity index (χ4n) is 8.16. The Morgan fingerprint density at radius 3 is 2.65 bits per heavy atom. The predicted octanol–water partition coefficient (Wildman–Crippen LogP) is 6.19. The van der Waals surface area contributed by atoms with Crippen LogP contribution >= 0.6 is 0 Å². The molecule has 1 aromatic rings. The van der Waals surface area contributed by atoms with Crippen molar-refractivity contribution in [2.75, 3.05) is 6.61 Å². The maximum atomic E-state index is 13.2. The van der Waals surface area contributed by atoms with Crippen LogP contribution in [-0.4, -0.2) is 28.2 Å². The minimum Gasteiger partial charge on any atom is -0.396 e. The Labute approximate surface area is 205 Å². The zero-order valence-electron chi connectivity index (χ0n) is 20.8. The SMILES string of the molecule is C[C@]12CC[C@@H]3C4=CCC(O)(Cc5ccccc5)C=C4CC[C@H]3[C@@H]1[C@H](CCCCCCO)CC2=O. The van der Waals surface area contributed by atoms with Gasteiger partial charge in [0.2, 0.25) is 0 Å². The van der Waals surface area contributed by atoms with E-state index in [-0.39, 0.29) is 12.0 Å². The van der Waals surface area contributed by atoms with E-state index in [4.69, 9.17) is 5.11 Å². The van der Waals surface area contributed by atoms with Crippen molar-refractivity contribution in [1.82, 2.24) is 0 Å². The second kappa shape index (κ2) is 9.74. The summed E-state index contributed by atoms with van der Waals surface area (Å²) in [7, 11) is 0. The van der Waals surface area contributed by atoms with Crippen molar-refractivity contribution >= 4 is 5.78 Å². The normalized spacial score (nSPS) is 36.9. The summed E-state index contributed by atoms with van der Waals surface area (Å²) in [5, 5.41) is 20.5. The Balaban J connectivity index is 1.31. The van der Waals surface area contributed by atoms with E-state index in [0.717, 1.165) is 44.9 Å². The molecule has 3 nitrogen and oxygen atoms in total. The number of hydrogen-bond donors (Lipinski definition) is 2. The number of aliphatic hydroxyl groups is 2. The van der Waals surface area contributed by atoms with Crippen molar-refractivity contribution in [3.05, 3.63) is 59.2 Å². The number of Topliss-reactive ketones (excluding diaryl/α,β-unsaturated/α-hetero) is 1. The van der Waals surface area contributed by atoms with Gasteiger partial charge in [0, 0.05) is 24.9 Å². The van der Waals surface area contributed by atoms with Crippen LogP contribution in [0.2, 0.25) is 0 Å². The molecular weight excluding hydrogens is 420 g/mol. The van der Waals surface area contributed by atoms with Crippen molar-refractivity contribution in [3.63, 3.8) is 0 Å². The highest BCUT2D eigenvalue weighted by Crippen LogP contribution is 2.62. The molecule has 4 aliphatic carbocycles. The first kappa shape index (κ1) is 24.0. The molecule has 1 unspecified atom stereocenters. The lowest BCUT2D eigenvalue weighted by molar-refractivity contribution is -0.129. The van der Waals surface area contributed by atoms with Crippen molar-refractivity contribution in [1.29, 1.82) is 0 Å². The van der Waals surface area contributed by atoms with E-state index in [9.17, 15) is 9.90 Å². The largest absolute Gasteiger partial charge is 0.396 e. The van der Waals surface area contributed by atoms with Crippen molar-refractivity contribution in [2.45, 2.75) is 89.6 Å². The van der Waals surface area contributed by atoms with Crippen molar-refractivity contribution < 1.29 is 15.0 Å². The van der Waals surface area contributed by atoms with Gasteiger partial charge in [-0.25, -0.2) is 0 Å². The Kier molecular flexibility index (Phi) is 6.88. The van der Waals surface area contributed by atoms with Crippen LogP contribution in [0.1, 0.15) is 83.1 Å². The van der Waals surface area contributed by atoms with Crippen LogP contribution < -0.4 is 0 Å². The molecule has 34 heavy (non-hydrogen) atoms. The molecule has 1 aromatic carbocycles. The number of hydrogen-bond acceptors (Lipinski definition) is 3. The molecule has 3 heteroatoms. The van der Waals surface area contributed by atoms with Gasteiger partial charge in [-0.3, -0.25) is 4.79 Å². The first-order valence-corrected chi connectivity index (χ1v) is 13.8. The van der Waals surface area contributed by atoms with E-state index in [1.54, 1.807) is 0 Å². The van der Waals surface area contributed by atoms with Crippen LogP contribution in [0.3, 0.4) is 0 Å². The minimum atomic E-state index is -0.781. The molecule has 0 aliphatic heterocycles. The summed E-state index contributed by atoms with van der Waals surface area (Å²) < 4.78 is 0. The lowest BCUT2D eigenvalue weighted by Gasteiger charge is -2.51. The molecule has 0 heterocycles. The molecule has 0 amide bonds. The lowest BCUT2D eigenvalue weighted by atomic mass is 9.52. The van der Waals surface area contributed by atoms with E-state index >= 15 is 0 Å². The van der Waals surface area contributed by atoms with Crippen molar-refractivity contribution in [2.24, 2.45) is 29.1 Å². The molecule has 0 saturated heterocycles. The predicted molar refractivity (Wildman–Crippen MR) is 136 cm³/mol. The van der Waals surface area contributed by atoms with Gasteiger partial charge >= 0.3 is 0 Å². The van der Waals surface area contributed by atoms with Gasteiger partial charge in [-0.2, -0.15) is 0 Å². The van der Waals surface area contributed by atoms with E-state index in [1.807, 2.05) is 18.2 Å². The van der Waals surface area contributed by atoms with Crippen LogP contribution in [0.4, 0.5) is 0 Å². The fourth-order valence-corrected chi connectivity index (χ4v) is 8.16. The second-order valence-electron chi connectivity index (χ2n) is 11.9. The average Bonchev–Trinajstić information content (AvgIpc) is 3.09. The van der Waals surface area contributed by atoms with Crippen LogP contribution in [0, 0.1) is 29.1 Å². The topological polar surface area (TPSA) is 57.5 Å². The molecule has 0 spiro atoms. The monoisotopic (exact) mass is 462 g/mol. The maximum Gasteiger partial charge on any atom is 0.139 e. The minimum absolute atomic E-state index is 0.124. The van der Waals surface area contributed by atoms with Gasteiger partial charge in [-0.15, -0.1) is 0 Å². The van der Waals surface area contributed by atoms with Crippen LogP contribution in [-0.2, 0) is 11.2 Å².